The van der Waals surface area contributed by atoms with E-state index >= 15 is 0 Å². The van der Waals surface area contributed by atoms with E-state index in [0.717, 1.165) is 0 Å². The van der Waals surface area contributed by atoms with Gasteiger partial charge in [0.1, 0.15) is 5.82 Å². The zero-order chi connectivity index (χ0) is 11.4. The summed E-state index contributed by atoms with van der Waals surface area (Å²) in [6.45, 7) is 5.98. The first kappa shape index (κ1) is 11.7. The van der Waals surface area contributed by atoms with Crippen molar-refractivity contribution in [3.63, 3.8) is 0 Å². The Kier molecular flexibility index (Phi) is 3.83. The molecular weight excluding hydrogens is 193 g/mol. The van der Waals surface area contributed by atoms with Gasteiger partial charge in [-0.3, -0.25) is 4.79 Å². The molecular formula is C12H16FNO. The molecule has 0 fully saturated rings. The lowest BCUT2D eigenvalue weighted by atomic mass is 10.1. The van der Waals surface area contributed by atoms with Crippen LogP contribution in [0.15, 0.2) is 24.3 Å². The fourth-order valence-electron chi connectivity index (χ4n) is 1.09. The van der Waals surface area contributed by atoms with Gasteiger partial charge >= 0.3 is 0 Å². The molecule has 1 aromatic carbocycles. The number of carbonyl (C=O) groups excluding carboxylic acids is 1. The van der Waals surface area contributed by atoms with Crippen molar-refractivity contribution in [2.45, 2.75) is 26.8 Å². The Bertz CT molecular complexity index is 349. The molecule has 0 saturated carbocycles. The lowest BCUT2D eigenvalue weighted by Gasteiger charge is -2.17. The molecule has 1 amide bonds. The van der Waals surface area contributed by atoms with E-state index in [9.17, 15) is 9.18 Å². The van der Waals surface area contributed by atoms with Crippen LogP contribution in [0.4, 0.5) is 4.39 Å². The van der Waals surface area contributed by atoms with Crippen LogP contribution in [0.3, 0.4) is 0 Å². The Morgan fingerprint density at radius 2 is 2.00 bits per heavy atom. The molecule has 0 radical (unpaired) electrons. The lowest BCUT2D eigenvalue weighted by Crippen LogP contribution is -2.36. The summed E-state index contributed by atoms with van der Waals surface area (Å²) in [6, 6.07) is 5.78. The Balaban J connectivity index is 2.69. The summed E-state index contributed by atoms with van der Waals surface area (Å²) in [7, 11) is 0. The van der Waals surface area contributed by atoms with Gasteiger partial charge in [0.05, 0.1) is 0 Å². The average molecular weight is 209 g/mol. The Morgan fingerprint density at radius 1 is 1.33 bits per heavy atom. The molecule has 0 bridgehead atoms. The summed E-state index contributed by atoms with van der Waals surface area (Å²) in [6.07, 6.45) is 0. The van der Waals surface area contributed by atoms with Crippen molar-refractivity contribution in [1.82, 2.24) is 5.32 Å². The highest BCUT2D eigenvalue weighted by atomic mass is 19.1. The molecule has 0 aromatic heterocycles. The summed E-state index contributed by atoms with van der Waals surface area (Å²) in [5, 5.41) is 2.82. The van der Waals surface area contributed by atoms with Crippen molar-refractivity contribution in [2.24, 2.45) is 5.92 Å². The molecule has 1 rings (SSSR count). The van der Waals surface area contributed by atoms with E-state index in [0.29, 0.717) is 11.5 Å². The SMILES string of the molecule is CC(C)C(C)NC(=O)c1cccc(F)c1. The zero-order valence-corrected chi connectivity index (χ0v) is 9.25. The summed E-state index contributed by atoms with van der Waals surface area (Å²) in [5.74, 6) is -0.252. The summed E-state index contributed by atoms with van der Waals surface area (Å²) in [5.41, 5.74) is 0.363. The van der Waals surface area contributed by atoms with Gasteiger partial charge in [-0.15, -0.1) is 0 Å². The third-order valence-electron chi connectivity index (χ3n) is 2.45. The third-order valence-corrected chi connectivity index (χ3v) is 2.45. The quantitative estimate of drug-likeness (QED) is 0.814. The molecule has 0 heterocycles. The molecule has 82 valence electrons. The highest BCUT2D eigenvalue weighted by Gasteiger charge is 2.12. The van der Waals surface area contributed by atoms with Gasteiger partial charge in [0.15, 0.2) is 0 Å². The summed E-state index contributed by atoms with van der Waals surface area (Å²) in [4.78, 5) is 11.6. The molecule has 15 heavy (non-hydrogen) atoms. The molecule has 1 N–H and O–H groups in total. The molecule has 1 atom stereocenters. The fraction of sp³-hybridized carbons (Fsp3) is 0.417. The van der Waals surface area contributed by atoms with Gasteiger partial charge in [-0.25, -0.2) is 4.39 Å². The second kappa shape index (κ2) is 4.91. The topological polar surface area (TPSA) is 29.1 Å². The van der Waals surface area contributed by atoms with Crippen molar-refractivity contribution in [3.8, 4) is 0 Å². The fourth-order valence-corrected chi connectivity index (χ4v) is 1.09. The molecule has 0 saturated heterocycles. The van der Waals surface area contributed by atoms with Crippen molar-refractivity contribution in [1.29, 1.82) is 0 Å². The van der Waals surface area contributed by atoms with E-state index < -0.39 is 0 Å². The maximum Gasteiger partial charge on any atom is 0.251 e. The van der Waals surface area contributed by atoms with Gasteiger partial charge in [-0.05, 0) is 31.0 Å². The van der Waals surface area contributed by atoms with E-state index in [2.05, 4.69) is 5.32 Å². The van der Waals surface area contributed by atoms with Crippen molar-refractivity contribution < 1.29 is 9.18 Å². The molecule has 2 nitrogen and oxygen atoms in total. The monoisotopic (exact) mass is 209 g/mol. The predicted molar refractivity (Wildman–Crippen MR) is 58.2 cm³/mol. The van der Waals surface area contributed by atoms with E-state index in [1.165, 1.54) is 18.2 Å². The van der Waals surface area contributed by atoms with Crippen LogP contribution in [0.25, 0.3) is 0 Å². The first-order valence-corrected chi connectivity index (χ1v) is 5.07. The van der Waals surface area contributed by atoms with Crippen LogP contribution in [0.5, 0.6) is 0 Å². The van der Waals surface area contributed by atoms with Gasteiger partial charge in [0, 0.05) is 11.6 Å². The predicted octanol–water partition coefficient (Wildman–Crippen LogP) is 2.60. The molecule has 1 unspecified atom stereocenters. The van der Waals surface area contributed by atoms with E-state index in [1.807, 2.05) is 20.8 Å². The van der Waals surface area contributed by atoms with Gasteiger partial charge in [0.2, 0.25) is 0 Å². The average Bonchev–Trinajstić information content (AvgIpc) is 2.17. The van der Waals surface area contributed by atoms with E-state index in [4.69, 9.17) is 0 Å². The highest BCUT2D eigenvalue weighted by Crippen LogP contribution is 2.05. The minimum Gasteiger partial charge on any atom is -0.349 e. The number of carbonyl (C=O) groups is 1. The standard InChI is InChI=1S/C12H16FNO/c1-8(2)9(3)14-12(15)10-5-4-6-11(13)7-10/h4-9H,1-3H3,(H,14,15). The third kappa shape index (κ3) is 3.35. The molecule has 3 heteroatoms. The van der Waals surface area contributed by atoms with E-state index in [1.54, 1.807) is 6.07 Å². The number of benzene rings is 1. The Labute approximate surface area is 89.5 Å². The number of rotatable bonds is 3. The van der Waals surface area contributed by atoms with E-state index in [-0.39, 0.29) is 17.8 Å². The number of halogens is 1. The Morgan fingerprint density at radius 3 is 2.53 bits per heavy atom. The van der Waals surface area contributed by atoms with Crippen LogP contribution in [0.1, 0.15) is 31.1 Å². The van der Waals surface area contributed by atoms with Crippen LogP contribution >= 0.6 is 0 Å². The minimum atomic E-state index is -0.389. The number of hydrogen-bond acceptors (Lipinski definition) is 1. The summed E-state index contributed by atoms with van der Waals surface area (Å²) >= 11 is 0. The number of nitrogens with one attached hydrogen (secondary N) is 1. The lowest BCUT2D eigenvalue weighted by molar-refractivity contribution is 0.0930. The smallest absolute Gasteiger partial charge is 0.251 e. The van der Waals surface area contributed by atoms with Crippen molar-refractivity contribution in [2.75, 3.05) is 0 Å². The molecule has 1 aromatic rings. The first-order valence-electron chi connectivity index (χ1n) is 5.07. The van der Waals surface area contributed by atoms with Crippen LogP contribution in [-0.2, 0) is 0 Å². The second-order valence-electron chi connectivity index (χ2n) is 4.02. The Hall–Kier alpha value is -1.38. The van der Waals surface area contributed by atoms with Crippen LogP contribution in [-0.4, -0.2) is 11.9 Å². The summed E-state index contributed by atoms with van der Waals surface area (Å²) < 4.78 is 12.8. The molecule has 0 spiro atoms. The normalized spacial score (nSPS) is 12.6. The maximum atomic E-state index is 12.8. The highest BCUT2D eigenvalue weighted by molar-refractivity contribution is 5.94. The largest absolute Gasteiger partial charge is 0.349 e. The minimum absolute atomic E-state index is 0.0840. The van der Waals surface area contributed by atoms with Gasteiger partial charge in [-0.2, -0.15) is 0 Å². The first-order chi connectivity index (χ1) is 7.00. The zero-order valence-electron chi connectivity index (χ0n) is 9.25. The van der Waals surface area contributed by atoms with Crippen molar-refractivity contribution in [3.05, 3.63) is 35.6 Å². The van der Waals surface area contributed by atoms with Crippen molar-refractivity contribution >= 4 is 5.91 Å². The van der Waals surface area contributed by atoms with Gasteiger partial charge in [-0.1, -0.05) is 19.9 Å². The second-order valence-corrected chi connectivity index (χ2v) is 4.02. The maximum absolute atomic E-state index is 12.8. The molecule has 0 aliphatic carbocycles. The van der Waals surface area contributed by atoms with Crippen LogP contribution in [0.2, 0.25) is 0 Å². The molecule has 0 aliphatic rings. The molecule has 0 aliphatic heterocycles. The number of hydrogen-bond donors (Lipinski definition) is 1. The van der Waals surface area contributed by atoms with Gasteiger partial charge < -0.3 is 5.32 Å². The number of amides is 1. The van der Waals surface area contributed by atoms with Crippen LogP contribution < -0.4 is 5.32 Å². The van der Waals surface area contributed by atoms with Gasteiger partial charge in [0.25, 0.3) is 5.91 Å². The van der Waals surface area contributed by atoms with Crippen LogP contribution in [0, 0.1) is 11.7 Å².